The van der Waals surface area contributed by atoms with Crippen molar-refractivity contribution < 1.29 is 9.59 Å². The third kappa shape index (κ3) is 4.47. The predicted molar refractivity (Wildman–Crippen MR) is 84.1 cm³/mol. The number of nitrogens with one attached hydrogen (secondary N) is 1. The first-order chi connectivity index (χ1) is 10.2. The summed E-state index contributed by atoms with van der Waals surface area (Å²) in [4.78, 5) is 25.4. The lowest BCUT2D eigenvalue weighted by Crippen LogP contribution is -2.50. The molecule has 1 atom stereocenters. The van der Waals surface area contributed by atoms with Gasteiger partial charge in [0.05, 0.1) is 11.9 Å². The number of piperidine rings is 1. The van der Waals surface area contributed by atoms with Gasteiger partial charge in [-0.2, -0.15) is 5.10 Å². The van der Waals surface area contributed by atoms with Crippen molar-refractivity contribution in [2.45, 2.75) is 46.2 Å². The summed E-state index contributed by atoms with van der Waals surface area (Å²) in [6, 6.07) is -0.234. The van der Waals surface area contributed by atoms with Gasteiger partial charge in [0.25, 0.3) is 0 Å². The van der Waals surface area contributed by atoms with Gasteiger partial charge in [-0.3, -0.25) is 14.3 Å². The van der Waals surface area contributed by atoms with Gasteiger partial charge in [0, 0.05) is 19.3 Å². The highest BCUT2D eigenvalue weighted by Gasteiger charge is 2.31. The average molecular weight is 307 g/mol. The summed E-state index contributed by atoms with van der Waals surface area (Å²) in [5.41, 5.74) is 5.96. The quantitative estimate of drug-likeness (QED) is 0.842. The first kappa shape index (κ1) is 16.3. The van der Waals surface area contributed by atoms with Crippen LogP contribution in [0.4, 0.5) is 5.69 Å². The van der Waals surface area contributed by atoms with Crippen molar-refractivity contribution in [2.24, 2.45) is 11.1 Å². The maximum absolute atomic E-state index is 12.6. The molecule has 0 aliphatic carbocycles. The number of carbonyl (C=O) groups is 2. The van der Waals surface area contributed by atoms with Crippen LogP contribution < -0.4 is 11.1 Å². The molecule has 0 aromatic carbocycles. The summed E-state index contributed by atoms with van der Waals surface area (Å²) in [6.45, 7) is 8.00. The van der Waals surface area contributed by atoms with Crippen molar-refractivity contribution in [3.8, 4) is 0 Å². The number of aromatic nitrogens is 2. The van der Waals surface area contributed by atoms with Gasteiger partial charge in [-0.25, -0.2) is 0 Å². The highest BCUT2D eigenvalue weighted by molar-refractivity contribution is 5.85. The molecule has 1 fully saturated rings. The number of nitrogens with zero attached hydrogens (tertiary/aromatic N) is 3. The average Bonchev–Trinajstić information content (AvgIpc) is 2.79. The highest BCUT2D eigenvalue weighted by Crippen LogP contribution is 2.22. The summed E-state index contributed by atoms with van der Waals surface area (Å²) >= 11 is 0. The van der Waals surface area contributed by atoms with Crippen molar-refractivity contribution in [3.05, 3.63) is 12.4 Å². The van der Waals surface area contributed by atoms with Gasteiger partial charge in [-0.1, -0.05) is 20.8 Å². The number of primary amides is 1. The van der Waals surface area contributed by atoms with E-state index in [2.05, 4.69) is 31.2 Å². The number of hydrogen-bond acceptors (Lipinski definition) is 4. The number of nitrogens with two attached hydrogens (primary N) is 1. The SMILES string of the molecule is CC(C)(C)CN1CCCC(Nc2cnn(CC(N)=O)c2)C1=O. The second kappa shape index (κ2) is 6.37. The monoisotopic (exact) mass is 307 g/mol. The van der Waals surface area contributed by atoms with Crippen molar-refractivity contribution in [1.29, 1.82) is 0 Å². The van der Waals surface area contributed by atoms with Crippen molar-refractivity contribution in [2.75, 3.05) is 18.4 Å². The number of carbonyl (C=O) groups excluding carboxylic acids is 2. The Morgan fingerprint density at radius 3 is 2.86 bits per heavy atom. The Labute approximate surface area is 130 Å². The zero-order chi connectivity index (χ0) is 16.3. The van der Waals surface area contributed by atoms with Crippen LogP contribution in [0.2, 0.25) is 0 Å². The van der Waals surface area contributed by atoms with Gasteiger partial charge < -0.3 is 16.0 Å². The third-order valence-corrected chi connectivity index (χ3v) is 3.49. The Kier molecular flexibility index (Phi) is 4.73. The summed E-state index contributed by atoms with van der Waals surface area (Å²) < 4.78 is 1.46. The number of anilines is 1. The zero-order valence-corrected chi connectivity index (χ0v) is 13.5. The Morgan fingerprint density at radius 1 is 1.50 bits per heavy atom. The first-order valence-electron chi connectivity index (χ1n) is 7.61. The van der Waals surface area contributed by atoms with Crippen LogP contribution in [0.5, 0.6) is 0 Å². The fourth-order valence-corrected chi connectivity index (χ4v) is 2.69. The fourth-order valence-electron chi connectivity index (χ4n) is 2.69. The molecular weight excluding hydrogens is 282 g/mol. The molecule has 7 heteroatoms. The first-order valence-corrected chi connectivity index (χ1v) is 7.61. The van der Waals surface area contributed by atoms with Gasteiger partial charge in [-0.05, 0) is 18.3 Å². The van der Waals surface area contributed by atoms with Gasteiger partial charge in [0.15, 0.2) is 0 Å². The molecule has 2 rings (SSSR count). The van der Waals surface area contributed by atoms with E-state index >= 15 is 0 Å². The molecule has 22 heavy (non-hydrogen) atoms. The molecule has 0 bridgehead atoms. The van der Waals surface area contributed by atoms with Gasteiger partial charge in [0.1, 0.15) is 12.6 Å². The van der Waals surface area contributed by atoms with Crippen LogP contribution in [-0.4, -0.2) is 45.6 Å². The Balaban J connectivity index is 1.98. The normalized spacial score (nSPS) is 19.3. The minimum atomic E-state index is -0.445. The second-order valence-electron chi connectivity index (χ2n) is 7.05. The molecule has 2 heterocycles. The molecule has 2 amide bonds. The topological polar surface area (TPSA) is 93.2 Å². The molecule has 3 N–H and O–H groups in total. The minimum absolute atomic E-state index is 0.0381. The van der Waals surface area contributed by atoms with Crippen molar-refractivity contribution in [1.82, 2.24) is 14.7 Å². The zero-order valence-electron chi connectivity index (χ0n) is 13.5. The van der Waals surface area contributed by atoms with E-state index in [1.54, 1.807) is 12.4 Å². The van der Waals surface area contributed by atoms with E-state index < -0.39 is 5.91 Å². The van der Waals surface area contributed by atoms with Crippen LogP contribution in [0.1, 0.15) is 33.6 Å². The smallest absolute Gasteiger partial charge is 0.245 e. The number of likely N-dealkylation sites (tertiary alicyclic amines) is 1. The van der Waals surface area contributed by atoms with E-state index in [-0.39, 0.29) is 23.9 Å². The predicted octanol–water partition coefficient (Wildman–Crippen LogP) is 0.817. The summed E-state index contributed by atoms with van der Waals surface area (Å²) in [6.07, 6.45) is 5.09. The van der Waals surface area contributed by atoms with Gasteiger partial charge in [0.2, 0.25) is 11.8 Å². The largest absolute Gasteiger partial charge is 0.371 e. The molecule has 122 valence electrons. The second-order valence-corrected chi connectivity index (χ2v) is 7.05. The lowest BCUT2D eigenvalue weighted by molar-refractivity contribution is -0.135. The van der Waals surface area contributed by atoms with E-state index in [0.717, 1.165) is 31.6 Å². The Bertz CT molecular complexity index is 546. The molecule has 7 nitrogen and oxygen atoms in total. The standard InChI is InChI=1S/C15H25N5O2/c1-15(2,3)10-19-6-4-5-12(14(19)22)18-11-7-17-20(8-11)9-13(16)21/h7-8,12,18H,4-6,9-10H2,1-3H3,(H2,16,21). The minimum Gasteiger partial charge on any atom is -0.371 e. The van der Waals surface area contributed by atoms with Crippen LogP contribution in [-0.2, 0) is 16.1 Å². The Morgan fingerprint density at radius 2 is 2.23 bits per heavy atom. The van der Waals surface area contributed by atoms with Gasteiger partial charge in [-0.15, -0.1) is 0 Å². The molecule has 1 aliphatic rings. The molecule has 1 aromatic heterocycles. The molecule has 0 spiro atoms. The number of amides is 2. The van der Waals surface area contributed by atoms with E-state index in [1.165, 1.54) is 4.68 Å². The van der Waals surface area contributed by atoms with Crippen LogP contribution in [0.3, 0.4) is 0 Å². The molecule has 1 saturated heterocycles. The fraction of sp³-hybridized carbons (Fsp3) is 0.667. The van der Waals surface area contributed by atoms with Gasteiger partial charge >= 0.3 is 0 Å². The van der Waals surface area contributed by atoms with Crippen LogP contribution in [0, 0.1) is 5.41 Å². The molecule has 1 unspecified atom stereocenters. The lowest BCUT2D eigenvalue weighted by Gasteiger charge is -2.36. The maximum Gasteiger partial charge on any atom is 0.245 e. The molecule has 1 aromatic rings. The van der Waals surface area contributed by atoms with Crippen LogP contribution >= 0.6 is 0 Å². The van der Waals surface area contributed by atoms with E-state index in [4.69, 9.17) is 5.73 Å². The van der Waals surface area contributed by atoms with E-state index in [9.17, 15) is 9.59 Å². The van der Waals surface area contributed by atoms with Crippen molar-refractivity contribution >= 4 is 17.5 Å². The maximum atomic E-state index is 12.6. The molecule has 0 radical (unpaired) electrons. The number of hydrogen-bond donors (Lipinski definition) is 2. The number of rotatable bonds is 5. The summed E-state index contributed by atoms with van der Waals surface area (Å²) in [5.74, 6) is -0.316. The third-order valence-electron chi connectivity index (χ3n) is 3.49. The summed E-state index contributed by atoms with van der Waals surface area (Å²) in [7, 11) is 0. The van der Waals surface area contributed by atoms with E-state index in [1.807, 2.05) is 4.90 Å². The Hall–Kier alpha value is -2.05. The highest BCUT2D eigenvalue weighted by atomic mass is 16.2. The van der Waals surface area contributed by atoms with E-state index in [0.29, 0.717) is 0 Å². The van der Waals surface area contributed by atoms with Crippen molar-refractivity contribution in [3.63, 3.8) is 0 Å². The van der Waals surface area contributed by atoms with Crippen LogP contribution in [0.15, 0.2) is 12.4 Å². The summed E-state index contributed by atoms with van der Waals surface area (Å²) in [5, 5.41) is 7.27. The van der Waals surface area contributed by atoms with Crippen LogP contribution in [0.25, 0.3) is 0 Å². The molecule has 1 aliphatic heterocycles. The molecule has 0 saturated carbocycles. The lowest BCUT2D eigenvalue weighted by atomic mass is 9.94. The molecular formula is C15H25N5O2.